The van der Waals surface area contributed by atoms with E-state index in [1.807, 2.05) is 6.92 Å². The smallest absolute Gasteiger partial charge is 0.0277 e. The van der Waals surface area contributed by atoms with Crippen molar-refractivity contribution in [2.24, 2.45) is 0 Å². The third-order valence-corrected chi connectivity index (χ3v) is 3.02. The summed E-state index contributed by atoms with van der Waals surface area (Å²) in [6.45, 7) is 6.11. The first kappa shape index (κ1) is 13.0. The predicted octanol–water partition coefficient (Wildman–Crippen LogP) is 4.09. The quantitative estimate of drug-likeness (QED) is 0.675. The molecule has 18 heavy (non-hydrogen) atoms. The van der Waals surface area contributed by atoms with Crippen molar-refractivity contribution >= 4 is 6.08 Å². The van der Waals surface area contributed by atoms with Crippen LogP contribution in [-0.4, -0.2) is 0 Å². The van der Waals surface area contributed by atoms with Crippen molar-refractivity contribution in [1.82, 2.24) is 0 Å². The molecule has 1 saturated carbocycles. The van der Waals surface area contributed by atoms with Gasteiger partial charge in [0.25, 0.3) is 0 Å². The fourth-order valence-corrected chi connectivity index (χ4v) is 1.97. The van der Waals surface area contributed by atoms with Crippen molar-refractivity contribution < 1.29 is 0 Å². The topological polar surface area (TPSA) is 0 Å². The largest absolute Gasteiger partial charge is 0.101 e. The minimum Gasteiger partial charge on any atom is -0.101 e. The Hall–Kier alpha value is -1.48. The number of hydrogen-bond acceptors (Lipinski definition) is 0. The Morgan fingerprint density at radius 3 is 2.33 bits per heavy atom. The van der Waals surface area contributed by atoms with Gasteiger partial charge in [-0.3, -0.25) is 0 Å². The van der Waals surface area contributed by atoms with E-state index in [1.165, 1.54) is 22.6 Å². The van der Waals surface area contributed by atoms with Crippen LogP contribution in [0.25, 0.3) is 6.08 Å². The van der Waals surface area contributed by atoms with Crippen LogP contribution >= 0.6 is 0 Å². The summed E-state index contributed by atoms with van der Waals surface area (Å²) in [6.07, 6.45) is 12.6. The molecule has 0 amide bonds. The van der Waals surface area contributed by atoms with Crippen molar-refractivity contribution in [3.05, 3.63) is 72.1 Å². The molecule has 0 heteroatoms. The molecule has 1 aliphatic rings. The molecule has 2 rings (SSSR count). The number of rotatable bonds is 2. The summed E-state index contributed by atoms with van der Waals surface area (Å²) in [7, 11) is 0. The second-order valence-electron chi connectivity index (χ2n) is 4.45. The average Bonchev–Trinajstić information content (AvgIpc) is 2.85. The molecule has 0 atom stereocenters. The number of aryl methyl sites for hydroxylation is 2. The van der Waals surface area contributed by atoms with Gasteiger partial charge in [-0.05, 0) is 69.2 Å². The van der Waals surface area contributed by atoms with Crippen LogP contribution in [0.15, 0.2) is 18.2 Å². The Balaban J connectivity index is 2.22. The average molecular weight is 233 g/mol. The molecule has 0 N–H and O–H groups in total. The lowest BCUT2D eigenvalue weighted by Gasteiger charge is -2.06. The van der Waals surface area contributed by atoms with Crippen molar-refractivity contribution in [2.45, 2.75) is 20.8 Å². The second kappa shape index (κ2) is 5.91. The van der Waals surface area contributed by atoms with Crippen LogP contribution in [0.2, 0.25) is 0 Å². The van der Waals surface area contributed by atoms with Crippen LogP contribution in [0.5, 0.6) is 0 Å². The van der Waals surface area contributed by atoms with Crippen LogP contribution in [-0.2, 0) is 0 Å². The lowest BCUT2D eigenvalue weighted by atomic mass is 9.98. The third kappa shape index (κ3) is 3.05. The van der Waals surface area contributed by atoms with Gasteiger partial charge < -0.3 is 0 Å². The molecule has 0 saturated heterocycles. The van der Waals surface area contributed by atoms with Crippen LogP contribution < -0.4 is 0 Å². The van der Waals surface area contributed by atoms with Gasteiger partial charge >= 0.3 is 0 Å². The van der Waals surface area contributed by atoms with Crippen LogP contribution in [0.1, 0.15) is 29.2 Å². The minimum absolute atomic E-state index is 1.13. The van der Waals surface area contributed by atoms with E-state index in [9.17, 15) is 0 Å². The molecular weight excluding hydrogens is 216 g/mol. The Morgan fingerprint density at radius 1 is 0.944 bits per heavy atom. The summed E-state index contributed by atoms with van der Waals surface area (Å²) in [5.41, 5.74) is 4.88. The predicted molar refractivity (Wildman–Crippen MR) is 77.9 cm³/mol. The first-order valence-corrected chi connectivity index (χ1v) is 6.14. The highest BCUT2D eigenvalue weighted by Gasteiger charge is 2.13. The minimum atomic E-state index is 1.13. The van der Waals surface area contributed by atoms with E-state index >= 15 is 0 Å². The van der Waals surface area contributed by atoms with E-state index in [1.54, 1.807) is 0 Å². The molecule has 5 radical (unpaired) electrons. The van der Waals surface area contributed by atoms with Gasteiger partial charge in [0.05, 0.1) is 0 Å². The Bertz CT molecular complexity index is 503. The molecule has 0 aliphatic heterocycles. The first-order valence-electron chi connectivity index (χ1n) is 6.14. The van der Waals surface area contributed by atoms with Crippen molar-refractivity contribution in [2.75, 3.05) is 0 Å². The molecule has 0 spiro atoms. The maximum absolute atomic E-state index is 3.14. The molecule has 1 aliphatic carbocycles. The maximum atomic E-state index is 3.14. The first-order chi connectivity index (χ1) is 8.70. The zero-order valence-corrected chi connectivity index (χ0v) is 11.1. The standard InChI is InChI=1S/C18H17/c1-4-7-17-12-15(3)18(13-14(17)2)11-10-16-8-5-6-9-16/h5-6,8-13H,1-3H3/b11-10+. The lowest BCUT2D eigenvalue weighted by Crippen LogP contribution is -1.90. The second-order valence-corrected chi connectivity index (χ2v) is 4.45. The number of benzene rings is 1. The highest BCUT2D eigenvalue weighted by molar-refractivity contribution is 5.62. The highest BCUT2D eigenvalue weighted by Crippen LogP contribution is 2.25. The van der Waals surface area contributed by atoms with E-state index < -0.39 is 0 Å². The molecule has 0 unspecified atom stereocenters. The molecule has 89 valence electrons. The summed E-state index contributed by atoms with van der Waals surface area (Å²) in [5.74, 6) is 7.34. The molecule has 0 heterocycles. The summed E-state index contributed by atoms with van der Waals surface area (Å²) >= 11 is 0. The van der Waals surface area contributed by atoms with Gasteiger partial charge in [-0.15, -0.1) is 5.92 Å². The van der Waals surface area contributed by atoms with E-state index in [-0.39, 0.29) is 0 Å². The summed E-state index contributed by atoms with van der Waals surface area (Å²) in [5, 5.41) is 0. The van der Waals surface area contributed by atoms with E-state index in [0.717, 1.165) is 5.56 Å². The van der Waals surface area contributed by atoms with Crippen LogP contribution in [0.4, 0.5) is 0 Å². The van der Waals surface area contributed by atoms with Gasteiger partial charge in [-0.2, -0.15) is 0 Å². The van der Waals surface area contributed by atoms with Gasteiger partial charge in [0.2, 0.25) is 0 Å². The van der Waals surface area contributed by atoms with Gasteiger partial charge in [0.1, 0.15) is 0 Å². The number of hydrogen-bond donors (Lipinski definition) is 0. The molecule has 0 bridgehead atoms. The molecular formula is C18H17. The molecule has 1 aromatic rings. The van der Waals surface area contributed by atoms with E-state index in [4.69, 9.17) is 0 Å². The van der Waals surface area contributed by atoms with Crippen molar-refractivity contribution in [3.8, 4) is 11.8 Å². The third-order valence-electron chi connectivity index (χ3n) is 3.02. The van der Waals surface area contributed by atoms with Gasteiger partial charge in [0, 0.05) is 11.5 Å². The summed E-state index contributed by atoms with van der Waals surface area (Å²) in [4.78, 5) is 0. The normalized spacial score (nSPS) is 15.9. The van der Waals surface area contributed by atoms with Gasteiger partial charge in [0.15, 0.2) is 0 Å². The van der Waals surface area contributed by atoms with Gasteiger partial charge in [-0.1, -0.05) is 24.1 Å². The molecule has 0 aromatic heterocycles. The van der Waals surface area contributed by atoms with Crippen molar-refractivity contribution in [1.29, 1.82) is 0 Å². The van der Waals surface area contributed by atoms with E-state index in [0.29, 0.717) is 0 Å². The fraction of sp³-hybridized carbons (Fsp3) is 0.167. The van der Waals surface area contributed by atoms with Crippen LogP contribution in [0, 0.1) is 57.3 Å². The molecule has 0 nitrogen and oxygen atoms in total. The Kier molecular flexibility index (Phi) is 4.26. The molecule has 1 aromatic carbocycles. The van der Waals surface area contributed by atoms with E-state index in [2.05, 4.69) is 75.7 Å². The monoisotopic (exact) mass is 233 g/mol. The Labute approximate surface area is 111 Å². The lowest BCUT2D eigenvalue weighted by molar-refractivity contribution is 1.34. The summed E-state index contributed by atoms with van der Waals surface area (Å²) < 4.78 is 0. The fourth-order valence-electron chi connectivity index (χ4n) is 1.97. The zero-order chi connectivity index (χ0) is 13.0. The van der Waals surface area contributed by atoms with Gasteiger partial charge in [-0.25, -0.2) is 0 Å². The SMILES string of the molecule is CC#Cc1cc(C)c(/C=C/[C]2[CH][CH][CH][CH]2)cc1C. The summed E-state index contributed by atoms with van der Waals surface area (Å²) in [6, 6.07) is 4.37. The highest BCUT2D eigenvalue weighted by atomic mass is 14.2. The molecule has 1 fully saturated rings. The zero-order valence-electron chi connectivity index (χ0n) is 11.1. The van der Waals surface area contributed by atoms with Crippen LogP contribution in [0.3, 0.4) is 0 Å². The Morgan fingerprint density at radius 2 is 1.67 bits per heavy atom. The number of allylic oxidation sites excluding steroid dienone is 1. The van der Waals surface area contributed by atoms with Crippen molar-refractivity contribution in [3.63, 3.8) is 0 Å². The maximum Gasteiger partial charge on any atom is 0.0277 e.